The summed E-state index contributed by atoms with van der Waals surface area (Å²) in [7, 11) is 1.59. The van der Waals surface area contributed by atoms with Crippen LogP contribution in [0.2, 0.25) is 0 Å². The van der Waals surface area contributed by atoms with Crippen molar-refractivity contribution < 1.29 is 14.3 Å². The molecule has 27 heavy (non-hydrogen) atoms. The van der Waals surface area contributed by atoms with Crippen molar-refractivity contribution in [1.29, 1.82) is 0 Å². The Hall–Kier alpha value is -3.74. The molecule has 136 valence electrons. The van der Waals surface area contributed by atoms with Crippen LogP contribution in [0.4, 0.5) is 5.82 Å². The van der Waals surface area contributed by atoms with Crippen molar-refractivity contribution in [2.45, 2.75) is 6.54 Å². The van der Waals surface area contributed by atoms with Crippen molar-refractivity contribution in [2.75, 3.05) is 12.4 Å². The molecule has 0 atom stereocenters. The molecule has 2 N–H and O–H groups in total. The Bertz CT molecular complexity index is 927. The summed E-state index contributed by atoms with van der Waals surface area (Å²) in [5, 5.41) is 5.40. The second-order valence-corrected chi connectivity index (χ2v) is 5.60. The number of amides is 2. The number of ether oxygens (including phenoxy) is 1. The van der Waals surface area contributed by atoms with Crippen molar-refractivity contribution >= 4 is 17.6 Å². The summed E-state index contributed by atoms with van der Waals surface area (Å²) in [4.78, 5) is 32.9. The van der Waals surface area contributed by atoms with Gasteiger partial charge >= 0.3 is 0 Å². The van der Waals surface area contributed by atoms with Gasteiger partial charge in [0.25, 0.3) is 11.8 Å². The van der Waals surface area contributed by atoms with Gasteiger partial charge in [0.1, 0.15) is 5.75 Å². The molecule has 3 rings (SSSR count). The van der Waals surface area contributed by atoms with Gasteiger partial charge in [-0.3, -0.25) is 9.59 Å². The maximum atomic E-state index is 12.5. The van der Waals surface area contributed by atoms with Crippen LogP contribution in [0.3, 0.4) is 0 Å². The van der Waals surface area contributed by atoms with Gasteiger partial charge in [-0.1, -0.05) is 30.3 Å². The van der Waals surface area contributed by atoms with Crippen molar-refractivity contribution in [3.05, 3.63) is 83.8 Å². The molecule has 0 saturated heterocycles. The van der Waals surface area contributed by atoms with Crippen LogP contribution >= 0.6 is 0 Å². The fourth-order valence-electron chi connectivity index (χ4n) is 2.37. The second kappa shape index (κ2) is 8.57. The van der Waals surface area contributed by atoms with E-state index in [4.69, 9.17) is 4.74 Å². The number of anilines is 1. The molecule has 7 heteroatoms. The number of nitrogens with one attached hydrogen (secondary N) is 2. The van der Waals surface area contributed by atoms with E-state index < -0.39 is 5.91 Å². The van der Waals surface area contributed by atoms with Crippen LogP contribution in [-0.4, -0.2) is 28.9 Å². The normalized spacial score (nSPS) is 10.1. The number of aromatic nitrogens is 2. The van der Waals surface area contributed by atoms with E-state index in [1.54, 1.807) is 31.4 Å². The topological polar surface area (TPSA) is 93.2 Å². The molecule has 0 aliphatic rings. The Balaban J connectivity index is 1.68. The first-order valence-corrected chi connectivity index (χ1v) is 8.26. The van der Waals surface area contributed by atoms with Gasteiger partial charge in [0.2, 0.25) is 0 Å². The third-order valence-electron chi connectivity index (χ3n) is 3.79. The minimum atomic E-state index is -0.428. The number of rotatable bonds is 6. The molecule has 0 aliphatic heterocycles. The zero-order chi connectivity index (χ0) is 19.1. The molecule has 0 saturated carbocycles. The number of carbonyl (C=O) groups excluding carboxylic acids is 2. The average molecular weight is 362 g/mol. The molecule has 0 radical (unpaired) electrons. The van der Waals surface area contributed by atoms with Gasteiger partial charge in [0.15, 0.2) is 11.5 Å². The van der Waals surface area contributed by atoms with Crippen LogP contribution in [0, 0.1) is 0 Å². The van der Waals surface area contributed by atoms with E-state index in [-0.39, 0.29) is 17.4 Å². The van der Waals surface area contributed by atoms with Crippen LogP contribution in [0.15, 0.2) is 67.0 Å². The Kier molecular flexibility index (Phi) is 5.73. The van der Waals surface area contributed by atoms with Gasteiger partial charge in [0.05, 0.1) is 7.11 Å². The van der Waals surface area contributed by atoms with Gasteiger partial charge in [0, 0.05) is 24.5 Å². The van der Waals surface area contributed by atoms with Gasteiger partial charge in [-0.2, -0.15) is 0 Å². The molecule has 0 unspecified atom stereocenters. The molecule has 0 fully saturated rings. The van der Waals surface area contributed by atoms with Gasteiger partial charge < -0.3 is 15.4 Å². The van der Waals surface area contributed by atoms with Crippen LogP contribution in [0.25, 0.3) is 0 Å². The number of benzene rings is 2. The van der Waals surface area contributed by atoms with Crippen LogP contribution < -0.4 is 15.4 Å². The number of methoxy groups -OCH3 is 1. The van der Waals surface area contributed by atoms with E-state index in [0.29, 0.717) is 12.1 Å². The highest BCUT2D eigenvalue weighted by atomic mass is 16.5. The van der Waals surface area contributed by atoms with E-state index >= 15 is 0 Å². The lowest BCUT2D eigenvalue weighted by atomic mass is 10.2. The first kappa shape index (κ1) is 18.1. The van der Waals surface area contributed by atoms with Gasteiger partial charge in [-0.25, -0.2) is 9.97 Å². The highest BCUT2D eigenvalue weighted by Crippen LogP contribution is 2.13. The molecule has 1 aromatic heterocycles. The van der Waals surface area contributed by atoms with Crippen molar-refractivity contribution in [3.8, 4) is 5.75 Å². The second-order valence-electron chi connectivity index (χ2n) is 5.60. The molecular formula is C20H18N4O3. The van der Waals surface area contributed by atoms with Crippen molar-refractivity contribution in [3.63, 3.8) is 0 Å². The zero-order valence-corrected chi connectivity index (χ0v) is 14.7. The Morgan fingerprint density at radius 1 is 0.926 bits per heavy atom. The summed E-state index contributed by atoms with van der Waals surface area (Å²) in [6.45, 7) is 0.311. The summed E-state index contributed by atoms with van der Waals surface area (Å²) >= 11 is 0. The first-order valence-electron chi connectivity index (χ1n) is 8.26. The summed E-state index contributed by atoms with van der Waals surface area (Å²) in [5.41, 5.74) is 1.42. The Morgan fingerprint density at radius 2 is 1.63 bits per heavy atom. The van der Waals surface area contributed by atoms with Crippen molar-refractivity contribution in [2.24, 2.45) is 0 Å². The van der Waals surface area contributed by atoms with E-state index in [1.807, 2.05) is 30.3 Å². The number of hydrogen-bond acceptors (Lipinski definition) is 5. The monoisotopic (exact) mass is 362 g/mol. The largest absolute Gasteiger partial charge is 0.497 e. The van der Waals surface area contributed by atoms with E-state index in [1.165, 1.54) is 12.4 Å². The maximum absolute atomic E-state index is 12.5. The highest BCUT2D eigenvalue weighted by Gasteiger charge is 2.16. The SMILES string of the molecule is COc1ccc(CNC(=O)c2nccnc2NC(=O)c2ccccc2)cc1. The van der Waals surface area contributed by atoms with Crippen LogP contribution in [0.1, 0.15) is 26.4 Å². The van der Waals surface area contributed by atoms with Crippen LogP contribution in [-0.2, 0) is 6.54 Å². The minimum absolute atomic E-state index is 0.0512. The average Bonchev–Trinajstić information content (AvgIpc) is 2.73. The number of hydrogen-bond donors (Lipinski definition) is 2. The molecule has 1 heterocycles. The van der Waals surface area contributed by atoms with Gasteiger partial charge in [-0.05, 0) is 29.8 Å². The van der Waals surface area contributed by atoms with Crippen molar-refractivity contribution in [1.82, 2.24) is 15.3 Å². The van der Waals surface area contributed by atoms with E-state index in [9.17, 15) is 9.59 Å². The summed E-state index contributed by atoms with van der Waals surface area (Å²) in [6, 6.07) is 16.0. The molecule has 0 spiro atoms. The fraction of sp³-hybridized carbons (Fsp3) is 0.100. The third kappa shape index (κ3) is 4.66. The lowest BCUT2D eigenvalue weighted by molar-refractivity contribution is 0.0946. The van der Waals surface area contributed by atoms with E-state index in [2.05, 4.69) is 20.6 Å². The zero-order valence-electron chi connectivity index (χ0n) is 14.7. The Morgan fingerprint density at radius 3 is 2.33 bits per heavy atom. The number of nitrogens with zero attached hydrogens (tertiary/aromatic N) is 2. The molecule has 7 nitrogen and oxygen atoms in total. The smallest absolute Gasteiger partial charge is 0.274 e. The lowest BCUT2D eigenvalue weighted by Crippen LogP contribution is -2.26. The Labute approximate surface area is 156 Å². The molecule has 2 amide bonds. The molecule has 2 aromatic carbocycles. The summed E-state index contributed by atoms with van der Waals surface area (Å²) in [5.74, 6) is 0.0612. The standard InChI is InChI=1S/C20H18N4O3/c1-27-16-9-7-14(8-10-16)13-23-20(26)17-18(22-12-11-21-17)24-19(25)15-5-3-2-4-6-15/h2-12H,13H2,1H3,(H,23,26)(H,22,24,25). The maximum Gasteiger partial charge on any atom is 0.274 e. The van der Waals surface area contributed by atoms with E-state index in [0.717, 1.165) is 11.3 Å². The summed E-state index contributed by atoms with van der Waals surface area (Å²) in [6.07, 6.45) is 2.82. The van der Waals surface area contributed by atoms with Gasteiger partial charge in [-0.15, -0.1) is 0 Å². The summed E-state index contributed by atoms with van der Waals surface area (Å²) < 4.78 is 5.11. The quantitative estimate of drug-likeness (QED) is 0.703. The molecule has 0 bridgehead atoms. The molecule has 3 aromatic rings. The third-order valence-corrected chi connectivity index (χ3v) is 3.79. The number of carbonyl (C=O) groups is 2. The lowest BCUT2D eigenvalue weighted by Gasteiger charge is -2.10. The first-order chi connectivity index (χ1) is 13.2. The van der Waals surface area contributed by atoms with Crippen LogP contribution in [0.5, 0.6) is 5.75 Å². The predicted molar refractivity (Wildman–Crippen MR) is 101 cm³/mol. The molecular weight excluding hydrogens is 344 g/mol. The molecule has 0 aliphatic carbocycles. The minimum Gasteiger partial charge on any atom is -0.497 e. The predicted octanol–water partition coefficient (Wildman–Crippen LogP) is 2.67. The fourth-order valence-corrected chi connectivity index (χ4v) is 2.37. The highest BCUT2D eigenvalue weighted by molar-refractivity contribution is 6.07.